The summed E-state index contributed by atoms with van der Waals surface area (Å²) in [5.41, 5.74) is 2.38. The van der Waals surface area contributed by atoms with Crippen LogP contribution < -0.4 is 20.3 Å². The minimum atomic E-state index is -0.518. The third-order valence-corrected chi connectivity index (χ3v) is 6.33. The first-order valence-corrected chi connectivity index (χ1v) is 13.6. The van der Waals surface area contributed by atoms with E-state index >= 15 is 0 Å². The van der Waals surface area contributed by atoms with Crippen LogP contribution in [-0.4, -0.2) is 61.2 Å². The van der Waals surface area contributed by atoms with Crippen LogP contribution in [0.25, 0.3) is 0 Å². The summed E-state index contributed by atoms with van der Waals surface area (Å²) in [5.74, 6) is -0.131. The Bertz CT molecular complexity index is 1170. The van der Waals surface area contributed by atoms with Crippen LogP contribution in [0.1, 0.15) is 70.4 Å². The number of carbonyl (C=O) groups excluding carboxylic acids is 3. The number of hydrogen-bond donors (Lipinski definition) is 2. The highest BCUT2D eigenvalue weighted by atomic mass is 16.6. The molecule has 9 heteroatoms. The summed E-state index contributed by atoms with van der Waals surface area (Å²) in [6.07, 6.45) is -0.286. The first-order chi connectivity index (χ1) is 18.4. The minimum Gasteiger partial charge on any atom is -0.493 e. The lowest BCUT2D eigenvalue weighted by atomic mass is 10.1. The average molecular weight is 539 g/mol. The minimum absolute atomic E-state index is 0.123. The third-order valence-electron chi connectivity index (χ3n) is 6.33. The molecule has 1 aliphatic rings. The number of hydrogen-bond acceptors (Lipinski definition) is 6. The second-order valence-corrected chi connectivity index (χ2v) is 11.0. The lowest BCUT2D eigenvalue weighted by Crippen LogP contribution is -2.50. The highest BCUT2D eigenvalue weighted by Gasteiger charge is 2.26. The van der Waals surface area contributed by atoms with E-state index in [-0.39, 0.29) is 29.9 Å². The Morgan fingerprint density at radius 2 is 1.67 bits per heavy atom. The molecule has 2 N–H and O–H groups in total. The summed E-state index contributed by atoms with van der Waals surface area (Å²) >= 11 is 0. The maximum absolute atomic E-state index is 13.3. The zero-order valence-electron chi connectivity index (χ0n) is 24.2. The van der Waals surface area contributed by atoms with Crippen molar-refractivity contribution in [2.24, 2.45) is 5.92 Å². The molecule has 1 heterocycles. The normalized spacial score (nSPS) is 14.6. The van der Waals surface area contributed by atoms with Crippen LogP contribution >= 0.6 is 0 Å². The van der Waals surface area contributed by atoms with Gasteiger partial charge in [-0.3, -0.25) is 9.59 Å². The lowest BCUT2D eigenvalue weighted by molar-refractivity contribution is -0.118. The molecule has 1 saturated heterocycles. The molecule has 0 aromatic heterocycles. The molecule has 212 valence electrons. The monoisotopic (exact) mass is 538 g/mol. The Balaban J connectivity index is 1.68. The predicted molar refractivity (Wildman–Crippen MR) is 153 cm³/mol. The van der Waals surface area contributed by atoms with Gasteiger partial charge in [-0.2, -0.15) is 0 Å². The van der Waals surface area contributed by atoms with Crippen molar-refractivity contribution in [3.8, 4) is 5.75 Å². The molecule has 1 atom stereocenters. The van der Waals surface area contributed by atoms with E-state index < -0.39 is 5.60 Å². The van der Waals surface area contributed by atoms with Gasteiger partial charge in [0.15, 0.2) is 0 Å². The van der Waals surface area contributed by atoms with E-state index in [0.29, 0.717) is 49.8 Å². The van der Waals surface area contributed by atoms with Crippen molar-refractivity contribution < 1.29 is 23.9 Å². The zero-order valence-corrected chi connectivity index (χ0v) is 24.2. The molecule has 1 aliphatic heterocycles. The van der Waals surface area contributed by atoms with Crippen LogP contribution in [0.4, 0.5) is 16.2 Å². The predicted octanol–water partition coefficient (Wildman–Crippen LogP) is 5.23. The van der Waals surface area contributed by atoms with Crippen LogP contribution in [0, 0.1) is 5.92 Å². The van der Waals surface area contributed by atoms with Crippen LogP contribution in [0.3, 0.4) is 0 Å². The van der Waals surface area contributed by atoms with Crippen molar-refractivity contribution in [1.29, 1.82) is 0 Å². The maximum atomic E-state index is 13.3. The Kier molecular flexibility index (Phi) is 9.83. The molecule has 3 amide bonds. The van der Waals surface area contributed by atoms with Crippen LogP contribution in [0.5, 0.6) is 5.75 Å². The topological polar surface area (TPSA) is 100 Å². The SMILES string of the molecule is CCOc1ccc(NC(=O)C(C)C)cc1C(=O)NC(C)c1cccc(N2CCN(C(=O)OC(C)(C)C)CC2)c1. The van der Waals surface area contributed by atoms with Gasteiger partial charge in [0, 0.05) is 43.5 Å². The van der Waals surface area contributed by atoms with Gasteiger partial charge >= 0.3 is 6.09 Å². The van der Waals surface area contributed by atoms with Gasteiger partial charge in [0.1, 0.15) is 11.4 Å². The number of piperazine rings is 1. The molecular formula is C30H42N4O5. The first kappa shape index (κ1) is 29.8. The Hall–Kier alpha value is -3.75. The van der Waals surface area contributed by atoms with Gasteiger partial charge in [0.25, 0.3) is 5.91 Å². The summed E-state index contributed by atoms with van der Waals surface area (Å²) in [7, 11) is 0. The maximum Gasteiger partial charge on any atom is 0.410 e. The molecule has 0 bridgehead atoms. The fourth-order valence-electron chi connectivity index (χ4n) is 4.18. The molecule has 0 spiro atoms. The second-order valence-electron chi connectivity index (χ2n) is 11.0. The molecule has 9 nitrogen and oxygen atoms in total. The van der Waals surface area contributed by atoms with Crippen molar-refractivity contribution in [2.75, 3.05) is 43.0 Å². The first-order valence-electron chi connectivity index (χ1n) is 13.6. The number of ether oxygens (including phenoxy) is 2. The molecule has 0 saturated carbocycles. The van der Waals surface area contributed by atoms with Crippen molar-refractivity contribution in [1.82, 2.24) is 10.2 Å². The smallest absolute Gasteiger partial charge is 0.410 e. The summed E-state index contributed by atoms with van der Waals surface area (Å²) in [5, 5.41) is 5.91. The summed E-state index contributed by atoms with van der Waals surface area (Å²) in [6.45, 7) is 16.0. The number of carbonyl (C=O) groups is 3. The summed E-state index contributed by atoms with van der Waals surface area (Å²) in [4.78, 5) is 41.9. The van der Waals surface area contributed by atoms with Crippen molar-refractivity contribution >= 4 is 29.3 Å². The Morgan fingerprint density at radius 1 is 0.974 bits per heavy atom. The van der Waals surface area contributed by atoms with E-state index in [0.717, 1.165) is 11.3 Å². The van der Waals surface area contributed by atoms with E-state index in [1.54, 1.807) is 23.1 Å². The number of amides is 3. The Morgan fingerprint density at radius 3 is 2.28 bits per heavy atom. The fraction of sp³-hybridized carbons (Fsp3) is 0.500. The lowest BCUT2D eigenvalue weighted by Gasteiger charge is -2.37. The highest BCUT2D eigenvalue weighted by Crippen LogP contribution is 2.26. The summed E-state index contributed by atoms with van der Waals surface area (Å²) < 4.78 is 11.2. The molecule has 2 aromatic rings. The molecule has 1 unspecified atom stereocenters. The standard InChI is InChI=1S/C30H42N4O5/c1-8-38-26-13-12-23(32-27(35)20(2)3)19-25(26)28(36)31-21(4)22-10-9-11-24(18-22)33-14-16-34(17-15-33)29(37)39-30(5,6)7/h9-13,18-21H,8,14-17H2,1-7H3,(H,31,36)(H,32,35). The molecular weight excluding hydrogens is 496 g/mol. The number of nitrogens with one attached hydrogen (secondary N) is 2. The molecule has 1 fully saturated rings. The summed E-state index contributed by atoms with van der Waals surface area (Å²) in [6, 6.07) is 12.9. The van der Waals surface area contributed by atoms with Crippen LogP contribution in [-0.2, 0) is 9.53 Å². The molecule has 0 aliphatic carbocycles. The van der Waals surface area contributed by atoms with Gasteiger partial charge in [0.2, 0.25) is 5.91 Å². The van der Waals surface area contributed by atoms with Crippen LogP contribution in [0.15, 0.2) is 42.5 Å². The Labute approximate surface area is 231 Å². The van der Waals surface area contributed by atoms with Gasteiger partial charge in [-0.25, -0.2) is 4.79 Å². The average Bonchev–Trinajstić information content (AvgIpc) is 2.88. The van der Waals surface area contributed by atoms with E-state index in [2.05, 4.69) is 21.6 Å². The molecule has 2 aromatic carbocycles. The number of anilines is 2. The van der Waals surface area contributed by atoms with Gasteiger partial charge in [-0.1, -0.05) is 26.0 Å². The quantitative estimate of drug-likeness (QED) is 0.478. The van der Waals surface area contributed by atoms with Gasteiger partial charge < -0.3 is 29.9 Å². The van der Waals surface area contributed by atoms with Crippen molar-refractivity contribution in [3.05, 3.63) is 53.6 Å². The number of rotatable bonds is 8. The number of nitrogens with zero attached hydrogens (tertiary/aromatic N) is 2. The van der Waals surface area contributed by atoms with E-state index in [4.69, 9.17) is 9.47 Å². The molecule has 39 heavy (non-hydrogen) atoms. The largest absolute Gasteiger partial charge is 0.493 e. The van der Waals surface area contributed by atoms with Crippen molar-refractivity contribution in [2.45, 2.75) is 60.1 Å². The fourth-order valence-corrected chi connectivity index (χ4v) is 4.18. The van der Waals surface area contributed by atoms with E-state index in [1.807, 2.05) is 66.7 Å². The molecule has 0 radical (unpaired) electrons. The van der Waals surface area contributed by atoms with Crippen LogP contribution in [0.2, 0.25) is 0 Å². The van der Waals surface area contributed by atoms with Crippen molar-refractivity contribution in [3.63, 3.8) is 0 Å². The third kappa shape index (κ3) is 8.37. The van der Waals surface area contributed by atoms with Gasteiger partial charge in [0.05, 0.1) is 18.2 Å². The zero-order chi connectivity index (χ0) is 28.7. The highest BCUT2D eigenvalue weighted by molar-refractivity contribution is 6.00. The van der Waals surface area contributed by atoms with Gasteiger partial charge in [-0.15, -0.1) is 0 Å². The van der Waals surface area contributed by atoms with E-state index in [1.165, 1.54) is 0 Å². The van der Waals surface area contributed by atoms with Gasteiger partial charge in [-0.05, 0) is 70.5 Å². The number of benzene rings is 2. The molecule has 3 rings (SSSR count). The van der Waals surface area contributed by atoms with E-state index in [9.17, 15) is 14.4 Å². The second kappa shape index (κ2) is 12.9.